The van der Waals surface area contributed by atoms with Gasteiger partial charge in [0.2, 0.25) is 11.8 Å². The number of primary amides is 1. The first-order valence-corrected chi connectivity index (χ1v) is 6.75. The SMILES string of the molecule is CNC(=O)C1CN(c2ccc(F)cc2)CCN1CC(N)=O. The predicted molar refractivity (Wildman–Crippen MR) is 77.2 cm³/mol. The summed E-state index contributed by atoms with van der Waals surface area (Å²) in [6.07, 6.45) is 0. The molecule has 0 radical (unpaired) electrons. The molecule has 1 aromatic carbocycles. The molecule has 1 aliphatic heterocycles. The van der Waals surface area contributed by atoms with Crippen molar-refractivity contribution < 1.29 is 14.0 Å². The van der Waals surface area contributed by atoms with Gasteiger partial charge in [-0.15, -0.1) is 0 Å². The number of carbonyl (C=O) groups is 2. The molecule has 7 heteroatoms. The lowest BCUT2D eigenvalue weighted by molar-refractivity contribution is -0.128. The minimum atomic E-state index is -0.459. The van der Waals surface area contributed by atoms with Crippen LogP contribution in [0.15, 0.2) is 24.3 Å². The van der Waals surface area contributed by atoms with Gasteiger partial charge in [-0.05, 0) is 24.3 Å². The van der Waals surface area contributed by atoms with Crippen molar-refractivity contribution in [2.45, 2.75) is 6.04 Å². The Morgan fingerprint density at radius 2 is 2.00 bits per heavy atom. The smallest absolute Gasteiger partial charge is 0.238 e. The van der Waals surface area contributed by atoms with Crippen molar-refractivity contribution in [1.82, 2.24) is 10.2 Å². The molecular weight excluding hydrogens is 275 g/mol. The number of nitrogens with one attached hydrogen (secondary N) is 1. The lowest BCUT2D eigenvalue weighted by Gasteiger charge is -2.40. The molecule has 1 aliphatic rings. The molecule has 1 saturated heterocycles. The van der Waals surface area contributed by atoms with Crippen LogP contribution < -0.4 is 16.0 Å². The van der Waals surface area contributed by atoms with Crippen LogP contribution in [0.2, 0.25) is 0 Å². The Hall–Kier alpha value is -2.15. The zero-order chi connectivity index (χ0) is 15.4. The molecule has 0 aromatic heterocycles. The monoisotopic (exact) mass is 294 g/mol. The Balaban J connectivity index is 2.13. The fourth-order valence-electron chi connectivity index (χ4n) is 2.51. The van der Waals surface area contributed by atoms with Gasteiger partial charge in [-0.25, -0.2) is 4.39 Å². The second-order valence-electron chi connectivity index (χ2n) is 4.99. The van der Waals surface area contributed by atoms with Gasteiger partial charge in [0.05, 0.1) is 6.54 Å². The van der Waals surface area contributed by atoms with Crippen LogP contribution >= 0.6 is 0 Å². The van der Waals surface area contributed by atoms with Crippen molar-refractivity contribution in [1.29, 1.82) is 0 Å². The number of rotatable bonds is 4. The number of amides is 2. The molecule has 114 valence electrons. The Labute approximate surface area is 122 Å². The average Bonchev–Trinajstić information content (AvgIpc) is 2.47. The fraction of sp³-hybridized carbons (Fsp3) is 0.429. The van der Waals surface area contributed by atoms with Crippen LogP contribution in [0.1, 0.15) is 0 Å². The zero-order valence-corrected chi connectivity index (χ0v) is 11.9. The number of hydrogen-bond acceptors (Lipinski definition) is 4. The fourth-order valence-corrected chi connectivity index (χ4v) is 2.51. The van der Waals surface area contributed by atoms with E-state index >= 15 is 0 Å². The van der Waals surface area contributed by atoms with Crippen molar-refractivity contribution in [2.75, 3.05) is 38.1 Å². The molecule has 1 fully saturated rings. The van der Waals surface area contributed by atoms with Crippen molar-refractivity contribution in [3.63, 3.8) is 0 Å². The summed E-state index contributed by atoms with van der Waals surface area (Å²) >= 11 is 0. The number of halogens is 1. The van der Waals surface area contributed by atoms with E-state index in [-0.39, 0.29) is 18.3 Å². The topological polar surface area (TPSA) is 78.7 Å². The van der Waals surface area contributed by atoms with Crippen molar-refractivity contribution >= 4 is 17.5 Å². The second kappa shape index (κ2) is 6.53. The summed E-state index contributed by atoms with van der Waals surface area (Å²) in [5.74, 6) is -0.920. The largest absolute Gasteiger partial charge is 0.369 e. The first-order chi connectivity index (χ1) is 10.0. The van der Waals surface area contributed by atoms with Crippen LogP contribution in [-0.2, 0) is 9.59 Å². The Morgan fingerprint density at radius 1 is 1.33 bits per heavy atom. The van der Waals surface area contributed by atoms with E-state index in [9.17, 15) is 14.0 Å². The van der Waals surface area contributed by atoms with E-state index in [1.165, 1.54) is 12.1 Å². The van der Waals surface area contributed by atoms with Gasteiger partial charge in [0.15, 0.2) is 0 Å². The number of piperazine rings is 1. The lowest BCUT2D eigenvalue weighted by atomic mass is 10.1. The normalized spacial score (nSPS) is 19.3. The number of hydrogen-bond donors (Lipinski definition) is 2. The number of carbonyl (C=O) groups excluding carboxylic acids is 2. The van der Waals surface area contributed by atoms with E-state index in [4.69, 9.17) is 5.73 Å². The maximum Gasteiger partial charge on any atom is 0.238 e. The number of nitrogens with zero attached hydrogens (tertiary/aromatic N) is 2. The number of benzene rings is 1. The van der Waals surface area contributed by atoms with Crippen LogP contribution in [0.25, 0.3) is 0 Å². The summed E-state index contributed by atoms with van der Waals surface area (Å²) in [5.41, 5.74) is 6.07. The molecule has 0 saturated carbocycles. The second-order valence-corrected chi connectivity index (χ2v) is 4.99. The van der Waals surface area contributed by atoms with E-state index in [0.717, 1.165) is 5.69 Å². The van der Waals surface area contributed by atoms with E-state index in [2.05, 4.69) is 5.32 Å². The molecule has 0 spiro atoms. The third-order valence-corrected chi connectivity index (χ3v) is 3.59. The highest BCUT2D eigenvalue weighted by Crippen LogP contribution is 2.19. The van der Waals surface area contributed by atoms with Crippen LogP contribution in [0, 0.1) is 5.82 Å². The highest BCUT2D eigenvalue weighted by molar-refractivity contribution is 5.84. The highest BCUT2D eigenvalue weighted by Gasteiger charge is 2.32. The summed E-state index contributed by atoms with van der Waals surface area (Å²) < 4.78 is 13.0. The number of anilines is 1. The van der Waals surface area contributed by atoms with Gasteiger partial charge in [-0.1, -0.05) is 0 Å². The Bertz CT molecular complexity index is 520. The van der Waals surface area contributed by atoms with E-state index in [0.29, 0.717) is 19.6 Å². The van der Waals surface area contributed by atoms with Gasteiger partial charge < -0.3 is 16.0 Å². The summed E-state index contributed by atoms with van der Waals surface area (Å²) in [7, 11) is 1.56. The van der Waals surface area contributed by atoms with Crippen molar-refractivity contribution in [2.24, 2.45) is 5.73 Å². The van der Waals surface area contributed by atoms with E-state index < -0.39 is 11.9 Å². The van der Waals surface area contributed by atoms with E-state index in [1.54, 1.807) is 24.1 Å². The summed E-state index contributed by atoms with van der Waals surface area (Å²) in [6, 6.07) is 5.68. The molecule has 0 bridgehead atoms. The Morgan fingerprint density at radius 3 is 2.57 bits per heavy atom. The highest BCUT2D eigenvalue weighted by atomic mass is 19.1. The van der Waals surface area contributed by atoms with Crippen LogP contribution in [-0.4, -0.2) is 56.0 Å². The molecule has 6 nitrogen and oxygen atoms in total. The van der Waals surface area contributed by atoms with Gasteiger partial charge in [0.1, 0.15) is 11.9 Å². The van der Waals surface area contributed by atoms with Crippen LogP contribution in [0.4, 0.5) is 10.1 Å². The minimum Gasteiger partial charge on any atom is -0.369 e. The summed E-state index contributed by atoms with van der Waals surface area (Å²) in [6.45, 7) is 1.67. The molecule has 2 rings (SSSR count). The first-order valence-electron chi connectivity index (χ1n) is 6.75. The third kappa shape index (κ3) is 3.69. The maximum atomic E-state index is 13.0. The minimum absolute atomic E-state index is 0.0509. The van der Waals surface area contributed by atoms with Gasteiger partial charge in [0.25, 0.3) is 0 Å². The van der Waals surface area contributed by atoms with E-state index in [1.807, 2.05) is 4.90 Å². The molecule has 1 atom stereocenters. The number of likely N-dealkylation sites (N-methyl/N-ethyl adjacent to an activating group) is 1. The Kier molecular flexibility index (Phi) is 4.74. The van der Waals surface area contributed by atoms with Crippen molar-refractivity contribution in [3.05, 3.63) is 30.1 Å². The maximum absolute atomic E-state index is 13.0. The average molecular weight is 294 g/mol. The van der Waals surface area contributed by atoms with Gasteiger partial charge in [0, 0.05) is 32.4 Å². The molecule has 1 aromatic rings. The first kappa shape index (κ1) is 15.2. The van der Waals surface area contributed by atoms with Crippen LogP contribution in [0.5, 0.6) is 0 Å². The molecule has 21 heavy (non-hydrogen) atoms. The molecule has 3 N–H and O–H groups in total. The molecule has 1 unspecified atom stereocenters. The summed E-state index contributed by atoms with van der Waals surface area (Å²) in [5, 5.41) is 2.60. The lowest BCUT2D eigenvalue weighted by Crippen LogP contribution is -2.60. The van der Waals surface area contributed by atoms with Crippen molar-refractivity contribution in [3.8, 4) is 0 Å². The summed E-state index contributed by atoms with van der Waals surface area (Å²) in [4.78, 5) is 26.9. The molecular formula is C14H19FN4O2. The van der Waals surface area contributed by atoms with Gasteiger partial charge >= 0.3 is 0 Å². The van der Waals surface area contributed by atoms with Crippen LogP contribution in [0.3, 0.4) is 0 Å². The third-order valence-electron chi connectivity index (χ3n) is 3.59. The number of nitrogens with two attached hydrogens (primary N) is 1. The standard InChI is InChI=1S/C14H19FN4O2/c1-17-14(21)12-8-18(6-7-19(12)9-13(16)20)11-4-2-10(15)3-5-11/h2-5,12H,6-9H2,1H3,(H2,16,20)(H,17,21). The predicted octanol–water partition coefficient (Wildman–Crippen LogP) is -0.452. The zero-order valence-electron chi connectivity index (χ0n) is 11.9. The molecule has 1 heterocycles. The van der Waals surface area contributed by atoms with Gasteiger partial charge in [-0.2, -0.15) is 0 Å². The van der Waals surface area contributed by atoms with Gasteiger partial charge in [-0.3, -0.25) is 14.5 Å². The molecule has 2 amide bonds. The quantitative estimate of drug-likeness (QED) is 0.788. The molecule has 0 aliphatic carbocycles.